The summed E-state index contributed by atoms with van der Waals surface area (Å²) in [6, 6.07) is 10.9. The first-order valence-electron chi connectivity index (χ1n) is 8.41. The average molecular weight is 373 g/mol. The zero-order chi connectivity index (χ0) is 17.8. The zero-order valence-electron chi connectivity index (χ0n) is 14.1. The molecule has 0 unspecified atom stereocenters. The Bertz CT molecular complexity index is 815. The lowest BCUT2D eigenvalue weighted by atomic mass is 9.84. The lowest BCUT2D eigenvalue weighted by molar-refractivity contribution is 0.0974. The van der Waals surface area contributed by atoms with Gasteiger partial charge in [0.05, 0.1) is 6.61 Å². The van der Waals surface area contributed by atoms with E-state index in [-0.39, 0.29) is 18.2 Å². The Labute approximate surface area is 156 Å². The number of hydrogen-bond donors (Lipinski definition) is 1. The Morgan fingerprint density at radius 2 is 1.40 bits per heavy atom. The maximum atomic E-state index is 13.2. The highest BCUT2D eigenvalue weighted by molar-refractivity contribution is 7.99. The largest absolute Gasteiger partial charge is 0.396 e. The summed E-state index contributed by atoms with van der Waals surface area (Å²) in [6.07, 6.45) is 2.17. The van der Waals surface area contributed by atoms with Crippen molar-refractivity contribution in [2.45, 2.75) is 29.6 Å². The summed E-state index contributed by atoms with van der Waals surface area (Å²) in [5.41, 5.74) is 2.00. The van der Waals surface area contributed by atoms with E-state index in [2.05, 4.69) is 6.92 Å². The minimum Gasteiger partial charge on any atom is -0.396 e. The third-order valence-corrected chi connectivity index (χ3v) is 6.28. The van der Waals surface area contributed by atoms with E-state index in [1.807, 2.05) is 18.2 Å². The molecule has 25 heavy (non-hydrogen) atoms. The van der Waals surface area contributed by atoms with Gasteiger partial charge in [-0.25, -0.2) is 0 Å². The van der Waals surface area contributed by atoms with Gasteiger partial charge in [0, 0.05) is 37.8 Å². The van der Waals surface area contributed by atoms with Crippen LogP contribution in [0, 0.1) is 0 Å². The number of benzene rings is 2. The summed E-state index contributed by atoms with van der Waals surface area (Å²) < 4.78 is 0. The van der Waals surface area contributed by atoms with Crippen molar-refractivity contribution >= 4 is 35.1 Å². The number of hydrogen-bond acceptors (Lipinski definition) is 5. The Morgan fingerprint density at radius 1 is 0.840 bits per heavy atom. The first kappa shape index (κ1) is 18.2. The number of carbonyl (C=O) groups excluding carboxylic acids is 2. The molecule has 0 atom stereocenters. The molecule has 0 fully saturated rings. The van der Waals surface area contributed by atoms with Crippen molar-refractivity contribution in [2.24, 2.45) is 0 Å². The van der Waals surface area contributed by atoms with Gasteiger partial charge in [-0.1, -0.05) is 37.6 Å². The van der Waals surface area contributed by atoms with Gasteiger partial charge in [-0.2, -0.15) is 0 Å². The summed E-state index contributed by atoms with van der Waals surface area (Å²) >= 11 is 3.06. The molecule has 3 nitrogen and oxygen atoms in total. The number of carbonyl (C=O) groups is 2. The highest BCUT2D eigenvalue weighted by Gasteiger charge is 2.33. The van der Waals surface area contributed by atoms with E-state index in [9.17, 15) is 9.59 Å². The van der Waals surface area contributed by atoms with Crippen LogP contribution in [0.3, 0.4) is 0 Å². The van der Waals surface area contributed by atoms with Crippen molar-refractivity contribution in [1.29, 1.82) is 0 Å². The van der Waals surface area contributed by atoms with Gasteiger partial charge < -0.3 is 5.11 Å². The first-order chi connectivity index (χ1) is 12.2. The van der Waals surface area contributed by atoms with E-state index in [0.29, 0.717) is 28.0 Å². The van der Waals surface area contributed by atoms with Crippen LogP contribution in [0.5, 0.6) is 0 Å². The number of unbranched alkanes of at least 4 members (excludes halogenated alkanes) is 1. The van der Waals surface area contributed by atoms with Gasteiger partial charge in [-0.05, 0) is 24.3 Å². The van der Waals surface area contributed by atoms with E-state index >= 15 is 0 Å². The van der Waals surface area contributed by atoms with E-state index in [0.717, 1.165) is 28.4 Å². The van der Waals surface area contributed by atoms with Gasteiger partial charge in [0.1, 0.15) is 0 Å². The highest BCUT2D eigenvalue weighted by Crippen LogP contribution is 2.38. The summed E-state index contributed by atoms with van der Waals surface area (Å²) in [5, 5.41) is 9.10. The van der Waals surface area contributed by atoms with Crippen molar-refractivity contribution in [3.63, 3.8) is 0 Å². The number of aliphatic hydroxyl groups is 1. The Hall–Kier alpha value is -1.56. The van der Waals surface area contributed by atoms with Crippen LogP contribution in [0.25, 0.3) is 0 Å². The van der Waals surface area contributed by atoms with Crippen molar-refractivity contribution in [3.05, 3.63) is 58.7 Å². The van der Waals surface area contributed by atoms with Crippen LogP contribution in [0.1, 0.15) is 51.6 Å². The third-order valence-electron chi connectivity index (χ3n) is 4.10. The second-order valence-corrected chi connectivity index (χ2v) is 8.06. The van der Waals surface area contributed by atoms with Crippen LogP contribution in [-0.2, 0) is 0 Å². The average Bonchev–Trinajstić information content (AvgIpc) is 2.64. The number of rotatable bonds is 7. The minimum atomic E-state index is -0.0889. The van der Waals surface area contributed by atoms with Gasteiger partial charge in [0.15, 0.2) is 11.6 Å². The van der Waals surface area contributed by atoms with Crippen LogP contribution in [0.4, 0.5) is 0 Å². The number of fused-ring (bicyclic) bond motifs is 2. The zero-order valence-corrected chi connectivity index (χ0v) is 15.7. The fraction of sp³-hybridized carbons (Fsp3) is 0.300. The molecule has 0 spiro atoms. The molecule has 0 bridgehead atoms. The van der Waals surface area contributed by atoms with E-state index in [1.165, 1.54) is 11.8 Å². The fourth-order valence-electron chi connectivity index (χ4n) is 2.90. The lowest BCUT2D eigenvalue weighted by Gasteiger charge is -2.22. The molecule has 1 N–H and O–H groups in total. The topological polar surface area (TPSA) is 54.4 Å². The maximum Gasteiger partial charge on any atom is 0.196 e. The molecule has 130 valence electrons. The Kier molecular flexibility index (Phi) is 5.99. The fourth-order valence-corrected chi connectivity index (χ4v) is 4.91. The molecule has 0 aliphatic heterocycles. The summed E-state index contributed by atoms with van der Waals surface area (Å²) in [4.78, 5) is 27.8. The predicted molar refractivity (Wildman–Crippen MR) is 103 cm³/mol. The van der Waals surface area contributed by atoms with E-state index < -0.39 is 0 Å². The molecular formula is C20H20O3S2. The SMILES string of the molecule is CCCCSc1cccc2c1C(=O)c1c(SCCO)cccc1C2=O. The van der Waals surface area contributed by atoms with Gasteiger partial charge in [0.25, 0.3) is 0 Å². The first-order valence-corrected chi connectivity index (χ1v) is 10.4. The van der Waals surface area contributed by atoms with Crippen LogP contribution < -0.4 is 0 Å². The minimum absolute atomic E-state index is 0.0329. The molecule has 5 heteroatoms. The normalized spacial score (nSPS) is 12.9. The molecule has 0 aromatic heterocycles. The smallest absolute Gasteiger partial charge is 0.196 e. The van der Waals surface area contributed by atoms with Gasteiger partial charge in [-0.3, -0.25) is 9.59 Å². The van der Waals surface area contributed by atoms with Crippen molar-refractivity contribution in [3.8, 4) is 0 Å². The van der Waals surface area contributed by atoms with Crippen molar-refractivity contribution < 1.29 is 14.7 Å². The monoisotopic (exact) mass is 372 g/mol. The Balaban J connectivity index is 2.07. The maximum absolute atomic E-state index is 13.2. The molecule has 0 saturated carbocycles. The van der Waals surface area contributed by atoms with Gasteiger partial charge in [0.2, 0.25) is 0 Å². The van der Waals surface area contributed by atoms with Crippen molar-refractivity contribution in [1.82, 2.24) is 0 Å². The van der Waals surface area contributed by atoms with Crippen LogP contribution in [-0.4, -0.2) is 34.8 Å². The van der Waals surface area contributed by atoms with Crippen LogP contribution in [0.2, 0.25) is 0 Å². The third kappa shape index (κ3) is 3.54. The van der Waals surface area contributed by atoms with Crippen LogP contribution >= 0.6 is 23.5 Å². The number of thioether (sulfide) groups is 2. The molecule has 2 aromatic rings. The molecule has 0 amide bonds. The van der Waals surface area contributed by atoms with Crippen LogP contribution in [0.15, 0.2) is 46.2 Å². The molecule has 2 aromatic carbocycles. The quantitative estimate of drug-likeness (QED) is 0.491. The molecule has 1 aliphatic carbocycles. The van der Waals surface area contributed by atoms with E-state index in [4.69, 9.17) is 5.11 Å². The molecule has 3 rings (SSSR count). The molecular weight excluding hydrogens is 352 g/mol. The van der Waals surface area contributed by atoms with Crippen molar-refractivity contribution in [2.75, 3.05) is 18.1 Å². The van der Waals surface area contributed by atoms with E-state index in [1.54, 1.807) is 30.0 Å². The standard InChI is InChI=1S/C20H20O3S2/c1-2-3-11-24-15-8-4-6-13-17(15)20(23)18-14(19(13)22)7-5-9-16(18)25-12-10-21/h4-9,21H,2-3,10-12H2,1H3. The highest BCUT2D eigenvalue weighted by atomic mass is 32.2. The Morgan fingerprint density at radius 3 is 1.92 bits per heavy atom. The molecule has 1 aliphatic rings. The molecule has 0 saturated heterocycles. The summed E-state index contributed by atoms with van der Waals surface area (Å²) in [7, 11) is 0. The number of aliphatic hydroxyl groups excluding tert-OH is 1. The summed E-state index contributed by atoms with van der Waals surface area (Å²) in [6.45, 7) is 2.17. The second kappa shape index (κ2) is 8.21. The molecule has 0 radical (unpaired) electrons. The number of ketones is 2. The summed E-state index contributed by atoms with van der Waals surface area (Å²) in [5.74, 6) is 1.26. The van der Waals surface area contributed by atoms with Gasteiger partial charge in [-0.15, -0.1) is 23.5 Å². The lowest BCUT2D eigenvalue weighted by Crippen LogP contribution is -2.22. The molecule has 0 heterocycles. The van der Waals surface area contributed by atoms with Gasteiger partial charge >= 0.3 is 0 Å². The second-order valence-electron chi connectivity index (χ2n) is 5.79. The predicted octanol–water partition coefficient (Wildman–Crippen LogP) is 4.44.